The van der Waals surface area contributed by atoms with Gasteiger partial charge in [0.05, 0.1) is 0 Å². The SMILES string of the molecule is C=C(O)C1(C)CCNC1=O. The van der Waals surface area contributed by atoms with Crippen LogP contribution in [0.4, 0.5) is 0 Å². The summed E-state index contributed by atoms with van der Waals surface area (Å²) in [6.45, 7) is 5.68. The number of amides is 1. The smallest absolute Gasteiger partial charge is 0.233 e. The minimum atomic E-state index is -0.736. The third-order valence-electron chi connectivity index (χ3n) is 2.05. The van der Waals surface area contributed by atoms with E-state index in [1.54, 1.807) is 6.92 Å². The first-order chi connectivity index (χ1) is 4.57. The number of hydrogen-bond acceptors (Lipinski definition) is 2. The Bertz CT molecular complexity index is 188. The second-order valence-electron chi connectivity index (χ2n) is 2.78. The maximum Gasteiger partial charge on any atom is 0.233 e. The molecule has 0 aliphatic carbocycles. The van der Waals surface area contributed by atoms with Crippen molar-refractivity contribution < 1.29 is 9.90 Å². The molecule has 1 rings (SSSR count). The summed E-state index contributed by atoms with van der Waals surface area (Å²) in [5, 5.41) is 11.7. The van der Waals surface area contributed by atoms with Gasteiger partial charge in [0.15, 0.2) is 0 Å². The predicted octanol–water partition coefficient (Wildman–Crippen LogP) is 0.584. The lowest BCUT2D eigenvalue weighted by Gasteiger charge is -2.17. The quantitative estimate of drug-likeness (QED) is 0.525. The second-order valence-corrected chi connectivity index (χ2v) is 2.78. The van der Waals surface area contributed by atoms with Gasteiger partial charge in [0.1, 0.15) is 11.2 Å². The fraction of sp³-hybridized carbons (Fsp3) is 0.571. The van der Waals surface area contributed by atoms with E-state index in [9.17, 15) is 4.79 Å². The molecule has 0 bridgehead atoms. The third kappa shape index (κ3) is 0.781. The average Bonchev–Trinajstić information content (AvgIpc) is 2.15. The molecule has 0 aromatic heterocycles. The van der Waals surface area contributed by atoms with E-state index in [2.05, 4.69) is 11.9 Å². The highest BCUT2D eigenvalue weighted by Gasteiger charge is 2.40. The van der Waals surface area contributed by atoms with E-state index in [0.29, 0.717) is 13.0 Å². The van der Waals surface area contributed by atoms with E-state index in [4.69, 9.17) is 5.11 Å². The number of carbonyl (C=O) groups excluding carboxylic acids is 1. The van der Waals surface area contributed by atoms with Crippen molar-refractivity contribution in [3.8, 4) is 0 Å². The maximum atomic E-state index is 11.0. The predicted molar refractivity (Wildman–Crippen MR) is 37.5 cm³/mol. The van der Waals surface area contributed by atoms with E-state index in [0.717, 1.165) is 0 Å². The Balaban J connectivity index is 2.86. The van der Waals surface area contributed by atoms with Crippen LogP contribution >= 0.6 is 0 Å². The van der Waals surface area contributed by atoms with Gasteiger partial charge in [0, 0.05) is 6.54 Å². The fourth-order valence-electron chi connectivity index (χ4n) is 1.01. The van der Waals surface area contributed by atoms with Crippen LogP contribution < -0.4 is 5.32 Å². The first-order valence-corrected chi connectivity index (χ1v) is 3.24. The van der Waals surface area contributed by atoms with Crippen molar-refractivity contribution in [1.82, 2.24) is 5.32 Å². The zero-order valence-electron chi connectivity index (χ0n) is 5.98. The zero-order valence-corrected chi connectivity index (χ0v) is 5.98. The molecule has 0 aromatic carbocycles. The maximum absolute atomic E-state index is 11.0. The Labute approximate surface area is 59.7 Å². The molecule has 1 aliphatic heterocycles. The molecule has 1 fully saturated rings. The van der Waals surface area contributed by atoms with Crippen LogP contribution in [0, 0.1) is 5.41 Å². The standard InChI is InChI=1S/C7H11NO2/c1-5(9)7(2)3-4-8-6(7)10/h9H,1,3-4H2,2H3,(H,8,10). The Morgan fingerprint density at radius 3 is 2.70 bits per heavy atom. The van der Waals surface area contributed by atoms with E-state index >= 15 is 0 Å². The van der Waals surface area contributed by atoms with Crippen LogP contribution in [-0.4, -0.2) is 17.6 Å². The number of aliphatic hydroxyl groups excluding tert-OH is 1. The van der Waals surface area contributed by atoms with Crippen LogP contribution in [0.1, 0.15) is 13.3 Å². The minimum Gasteiger partial charge on any atom is -0.512 e. The summed E-state index contributed by atoms with van der Waals surface area (Å²) in [4.78, 5) is 11.0. The molecule has 1 heterocycles. The topological polar surface area (TPSA) is 49.3 Å². The Morgan fingerprint density at radius 1 is 1.90 bits per heavy atom. The Kier molecular flexibility index (Phi) is 1.43. The van der Waals surface area contributed by atoms with Gasteiger partial charge in [-0.15, -0.1) is 0 Å². The molecule has 1 unspecified atom stereocenters. The van der Waals surface area contributed by atoms with Crippen LogP contribution in [0.2, 0.25) is 0 Å². The first kappa shape index (κ1) is 7.12. The molecule has 3 heteroatoms. The van der Waals surface area contributed by atoms with Crippen molar-refractivity contribution in [3.05, 3.63) is 12.3 Å². The minimum absolute atomic E-state index is 0.0394. The number of aliphatic hydroxyl groups is 1. The van der Waals surface area contributed by atoms with E-state index < -0.39 is 5.41 Å². The van der Waals surface area contributed by atoms with Crippen molar-refractivity contribution in [1.29, 1.82) is 0 Å². The normalized spacial score (nSPS) is 31.9. The lowest BCUT2D eigenvalue weighted by Crippen LogP contribution is -2.29. The molecular formula is C7H11NO2. The van der Waals surface area contributed by atoms with Gasteiger partial charge in [0.2, 0.25) is 5.91 Å². The van der Waals surface area contributed by atoms with Crippen molar-refractivity contribution in [2.24, 2.45) is 5.41 Å². The van der Waals surface area contributed by atoms with Crippen molar-refractivity contribution in [2.75, 3.05) is 6.54 Å². The molecule has 0 saturated carbocycles. The lowest BCUT2D eigenvalue weighted by molar-refractivity contribution is -0.126. The number of nitrogens with one attached hydrogen (secondary N) is 1. The van der Waals surface area contributed by atoms with Gasteiger partial charge in [-0.1, -0.05) is 6.58 Å². The van der Waals surface area contributed by atoms with E-state index in [-0.39, 0.29) is 11.7 Å². The molecule has 2 N–H and O–H groups in total. The molecule has 0 aromatic rings. The second kappa shape index (κ2) is 2.01. The van der Waals surface area contributed by atoms with Gasteiger partial charge in [-0.25, -0.2) is 0 Å². The van der Waals surface area contributed by atoms with Crippen LogP contribution in [0.5, 0.6) is 0 Å². The highest BCUT2D eigenvalue weighted by atomic mass is 16.3. The fourth-order valence-corrected chi connectivity index (χ4v) is 1.01. The van der Waals surface area contributed by atoms with Crippen LogP contribution in [0.15, 0.2) is 12.3 Å². The molecular weight excluding hydrogens is 130 g/mol. The third-order valence-corrected chi connectivity index (χ3v) is 2.05. The van der Waals surface area contributed by atoms with Gasteiger partial charge in [-0.2, -0.15) is 0 Å². The summed E-state index contributed by atoms with van der Waals surface area (Å²) in [7, 11) is 0. The van der Waals surface area contributed by atoms with Crippen molar-refractivity contribution in [2.45, 2.75) is 13.3 Å². The van der Waals surface area contributed by atoms with E-state index in [1.165, 1.54) is 0 Å². The van der Waals surface area contributed by atoms with Gasteiger partial charge in [0.25, 0.3) is 0 Å². The zero-order chi connectivity index (χ0) is 7.78. The van der Waals surface area contributed by atoms with E-state index in [1.807, 2.05) is 0 Å². The van der Waals surface area contributed by atoms with Gasteiger partial charge in [-0.3, -0.25) is 4.79 Å². The van der Waals surface area contributed by atoms with Crippen LogP contribution in [0.3, 0.4) is 0 Å². The molecule has 0 radical (unpaired) electrons. The highest BCUT2D eigenvalue weighted by molar-refractivity contribution is 5.86. The highest BCUT2D eigenvalue weighted by Crippen LogP contribution is 2.31. The molecule has 1 saturated heterocycles. The molecule has 10 heavy (non-hydrogen) atoms. The lowest BCUT2D eigenvalue weighted by atomic mass is 9.87. The molecule has 1 aliphatic rings. The largest absolute Gasteiger partial charge is 0.512 e. The van der Waals surface area contributed by atoms with Crippen molar-refractivity contribution >= 4 is 5.91 Å². The summed E-state index contributed by atoms with van der Waals surface area (Å²) in [6, 6.07) is 0. The van der Waals surface area contributed by atoms with Gasteiger partial charge >= 0.3 is 0 Å². The average molecular weight is 141 g/mol. The van der Waals surface area contributed by atoms with Crippen molar-refractivity contribution in [3.63, 3.8) is 0 Å². The van der Waals surface area contributed by atoms with Gasteiger partial charge < -0.3 is 10.4 Å². The summed E-state index contributed by atoms with van der Waals surface area (Å²) in [6.07, 6.45) is 0.640. The summed E-state index contributed by atoms with van der Waals surface area (Å²) < 4.78 is 0. The number of hydrogen-bond donors (Lipinski definition) is 2. The first-order valence-electron chi connectivity index (χ1n) is 3.24. The number of rotatable bonds is 1. The molecule has 1 amide bonds. The number of carbonyl (C=O) groups is 1. The Hall–Kier alpha value is -0.990. The van der Waals surface area contributed by atoms with Crippen LogP contribution in [-0.2, 0) is 4.79 Å². The molecule has 1 atom stereocenters. The summed E-state index contributed by atoms with van der Waals surface area (Å²) in [5.74, 6) is -0.164. The molecule has 56 valence electrons. The molecule has 3 nitrogen and oxygen atoms in total. The van der Waals surface area contributed by atoms with Crippen LogP contribution in [0.25, 0.3) is 0 Å². The summed E-state index contributed by atoms with van der Waals surface area (Å²) >= 11 is 0. The monoisotopic (exact) mass is 141 g/mol. The Morgan fingerprint density at radius 2 is 2.50 bits per heavy atom. The molecule has 0 spiro atoms. The summed E-state index contributed by atoms with van der Waals surface area (Å²) in [5.41, 5.74) is -0.736. The van der Waals surface area contributed by atoms with Gasteiger partial charge in [-0.05, 0) is 13.3 Å².